The number of rotatable bonds is 2. The first-order chi connectivity index (χ1) is 10.5. The molecule has 1 heterocycles. The average Bonchev–Trinajstić information content (AvgIpc) is 2.84. The molecule has 0 aromatic rings. The van der Waals surface area contributed by atoms with E-state index in [0.717, 1.165) is 35.3 Å². The van der Waals surface area contributed by atoms with E-state index in [1.165, 1.54) is 25.0 Å². The summed E-state index contributed by atoms with van der Waals surface area (Å²) in [7, 11) is 0.690. The number of hydrogen-bond donors (Lipinski definition) is 0. The molecule has 0 amide bonds. The van der Waals surface area contributed by atoms with Crippen LogP contribution in [0.15, 0.2) is 11.8 Å². The van der Waals surface area contributed by atoms with Crippen molar-refractivity contribution in [2.75, 3.05) is 7.05 Å². The molecular formula is C23H46N2SiTi. The molecule has 0 aromatic heterocycles. The first-order valence-electron chi connectivity index (χ1n) is 9.68. The summed E-state index contributed by atoms with van der Waals surface area (Å²) in [5.41, 5.74) is 2.42. The van der Waals surface area contributed by atoms with Crippen molar-refractivity contribution in [3.05, 3.63) is 39.0 Å². The Hall–Kier alpha value is 0.431. The van der Waals surface area contributed by atoms with E-state index in [2.05, 4.69) is 65.7 Å². The van der Waals surface area contributed by atoms with Crippen LogP contribution >= 0.6 is 0 Å². The maximum atomic E-state index is 5.45. The predicted octanol–water partition coefficient (Wildman–Crippen LogP) is 6.98. The smallest absolute Gasteiger partial charge is 0.660 e. The molecule has 0 N–H and O–H groups in total. The molecule has 6 unspecified atom stereocenters. The summed E-state index contributed by atoms with van der Waals surface area (Å²) in [6.45, 7) is 16.8. The van der Waals surface area contributed by atoms with Gasteiger partial charge in [-0.3, -0.25) is 0 Å². The van der Waals surface area contributed by atoms with E-state index in [9.17, 15) is 0 Å². The molecule has 2 saturated carbocycles. The van der Waals surface area contributed by atoms with Crippen molar-refractivity contribution in [2.45, 2.75) is 84.1 Å². The molecule has 0 bridgehead atoms. The minimum atomic E-state index is -1.65. The molecule has 2 fully saturated rings. The van der Waals surface area contributed by atoms with Crippen LogP contribution in [0.1, 0.15) is 53.9 Å². The van der Waals surface area contributed by atoms with E-state index in [1.807, 2.05) is 0 Å². The van der Waals surface area contributed by atoms with Crippen molar-refractivity contribution in [2.24, 2.45) is 23.7 Å². The van der Waals surface area contributed by atoms with Gasteiger partial charge in [-0.25, -0.2) is 0 Å². The van der Waals surface area contributed by atoms with Crippen LogP contribution in [0.3, 0.4) is 0 Å². The fraction of sp³-hybridized carbons (Fsp3) is 0.783. The van der Waals surface area contributed by atoms with Gasteiger partial charge >= 0.3 is 21.7 Å². The van der Waals surface area contributed by atoms with Crippen molar-refractivity contribution < 1.29 is 21.7 Å². The van der Waals surface area contributed by atoms with E-state index < -0.39 is 8.24 Å². The number of fused-ring (bicyclic) bond motifs is 3. The summed E-state index contributed by atoms with van der Waals surface area (Å²) in [6.07, 6.45) is 6.94. The number of allylic oxidation sites excluding steroid dienone is 1. The molecule has 0 spiro atoms. The Labute approximate surface area is 188 Å². The number of nitrogens with zero attached hydrogens (tertiary/aromatic N) is 2. The van der Waals surface area contributed by atoms with Gasteiger partial charge in [0.05, 0.1) is 0 Å². The van der Waals surface area contributed by atoms with Crippen molar-refractivity contribution in [3.63, 3.8) is 0 Å². The van der Waals surface area contributed by atoms with Crippen LogP contribution in [0.5, 0.6) is 0 Å². The summed E-state index contributed by atoms with van der Waals surface area (Å²) >= 11 is 0. The van der Waals surface area contributed by atoms with Gasteiger partial charge in [-0.1, -0.05) is 74.4 Å². The maximum absolute atomic E-state index is 5.45. The molecule has 3 aliphatic rings. The summed E-state index contributed by atoms with van der Waals surface area (Å²) in [5, 5.41) is 0. The van der Waals surface area contributed by atoms with Gasteiger partial charge in [0.2, 0.25) is 0 Å². The van der Waals surface area contributed by atoms with Crippen molar-refractivity contribution in [1.29, 1.82) is 0 Å². The molecule has 2 aliphatic carbocycles. The Morgan fingerprint density at radius 3 is 2.19 bits per heavy atom. The minimum absolute atomic E-state index is 0. The quantitative estimate of drug-likeness (QED) is 0.344. The van der Waals surface area contributed by atoms with Gasteiger partial charge in [0, 0.05) is 24.7 Å². The van der Waals surface area contributed by atoms with Crippen LogP contribution in [0.4, 0.5) is 0 Å². The van der Waals surface area contributed by atoms with Crippen molar-refractivity contribution in [1.82, 2.24) is 4.90 Å². The van der Waals surface area contributed by atoms with Crippen LogP contribution in [-0.4, -0.2) is 31.8 Å². The van der Waals surface area contributed by atoms with Gasteiger partial charge in [-0.05, 0) is 30.2 Å². The normalized spacial score (nSPS) is 34.8. The molecule has 156 valence electrons. The third-order valence-corrected chi connectivity index (χ3v) is 10.5. The van der Waals surface area contributed by atoms with Gasteiger partial charge in [-0.2, -0.15) is 0 Å². The minimum Gasteiger partial charge on any atom is -0.660 e. The SMILES string of the molecule is CC1=CC2C3C(C)CCCC3C([Si](C)(C)[N-]C(C)(C)C)C2N1C.[CH3-].[CH3-].[CH3-].[Ti+4]. The molecule has 6 atom stereocenters. The van der Waals surface area contributed by atoms with Crippen LogP contribution in [0, 0.1) is 46.0 Å². The molecule has 0 aromatic carbocycles. The summed E-state index contributed by atoms with van der Waals surface area (Å²) < 4.78 is 0. The van der Waals surface area contributed by atoms with Gasteiger partial charge in [0.1, 0.15) is 0 Å². The molecule has 2 nitrogen and oxygen atoms in total. The van der Waals surface area contributed by atoms with Crippen LogP contribution < -0.4 is 0 Å². The molecule has 1 aliphatic heterocycles. The zero-order valence-corrected chi connectivity index (χ0v) is 22.6. The van der Waals surface area contributed by atoms with E-state index in [0.29, 0.717) is 0 Å². The van der Waals surface area contributed by atoms with Crippen LogP contribution in [-0.2, 0) is 21.7 Å². The third kappa shape index (κ3) is 5.32. The van der Waals surface area contributed by atoms with E-state index in [-0.39, 0.29) is 49.5 Å². The molecule has 0 radical (unpaired) electrons. The van der Waals surface area contributed by atoms with Crippen molar-refractivity contribution in [3.8, 4) is 0 Å². The Morgan fingerprint density at radius 1 is 1.11 bits per heavy atom. The fourth-order valence-electron chi connectivity index (χ4n) is 6.51. The van der Waals surface area contributed by atoms with Gasteiger partial charge in [0.25, 0.3) is 0 Å². The van der Waals surface area contributed by atoms with E-state index in [1.54, 1.807) is 0 Å². The molecule has 0 saturated heterocycles. The second-order valence-corrected chi connectivity index (χ2v) is 14.3. The van der Waals surface area contributed by atoms with E-state index >= 15 is 0 Å². The Balaban J connectivity index is 0. The van der Waals surface area contributed by atoms with Gasteiger partial charge in [0.15, 0.2) is 0 Å². The molecular weight excluding hydrogens is 380 g/mol. The molecule has 4 heteroatoms. The summed E-state index contributed by atoms with van der Waals surface area (Å²) in [5.74, 6) is 3.49. The maximum Gasteiger partial charge on any atom is 4.00 e. The third-order valence-electron chi connectivity index (χ3n) is 6.89. The molecule has 27 heavy (non-hydrogen) atoms. The van der Waals surface area contributed by atoms with Crippen LogP contribution in [0.25, 0.3) is 4.98 Å². The second kappa shape index (κ2) is 9.96. The van der Waals surface area contributed by atoms with E-state index in [4.69, 9.17) is 4.98 Å². The zero-order valence-electron chi connectivity index (χ0n) is 20.1. The second-order valence-electron chi connectivity index (χ2n) is 10.1. The molecule has 3 rings (SSSR count). The summed E-state index contributed by atoms with van der Waals surface area (Å²) in [6, 6.07) is 0.721. The predicted molar refractivity (Wildman–Crippen MR) is 122 cm³/mol. The topological polar surface area (TPSA) is 17.3 Å². The monoisotopic (exact) mass is 426 g/mol. The standard InChI is InChI=1S/C20H37N2Si.3CH3.Ti/c1-13-10-9-11-15-17(13)16-12-14(2)22(6)18(16)19(15)23(7,8)21-20(3,4)5;;;;/h12-13,15-19H,9-11H2,1-8H3;3*1H3;/q4*-1;+4. The van der Waals surface area contributed by atoms with Gasteiger partial charge < -0.3 is 32.2 Å². The first-order valence-corrected chi connectivity index (χ1v) is 12.7. The largest absolute Gasteiger partial charge is 4.00 e. The van der Waals surface area contributed by atoms with Crippen molar-refractivity contribution >= 4 is 8.24 Å². The Bertz CT molecular complexity index is 497. The Morgan fingerprint density at radius 2 is 1.67 bits per heavy atom. The van der Waals surface area contributed by atoms with Gasteiger partial charge in [-0.15, -0.1) is 5.54 Å². The first kappa shape index (κ1) is 29.6. The number of hydrogen-bond acceptors (Lipinski definition) is 1. The average molecular weight is 427 g/mol. The van der Waals surface area contributed by atoms with Crippen LogP contribution in [0.2, 0.25) is 18.6 Å². The Kier molecular flexibility index (Phi) is 10.9. The summed E-state index contributed by atoms with van der Waals surface area (Å²) in [4.78, 5) is 8.07. The zero-order chi connectivity index (χ0) is 17.2. The fourth-order valence-corrected chi connectivity index (χ4v) is 11.1.